The molecule has 0 aromatic heterocycles. The SMILES string of the molecule is CC=CC(O)C(=O)OSOC(=O)C(O)C=CC. The van der Waals surface area contributed by atoms with Gasteiger partial charge in [0.1, 0.15) is 0 Å². The number of hydrogen-bond donors (Lipinski definition) is 2. The monoisotopic (exact) mass is 262 g/mol. The van der Waals surface area contributed by atoms with Crippen LogP contribution in [0.5, 0.6) is 0 Å². The van der Waals surface area contributed by atoms with E-state index in [-0.39, 0.29) is 12.3 Å². The minimum absolute atomic E-state index is 0.0910. The zero-order chi connectivity index (χ0) is 13.3. The first kappa shape index (κ1) is 15.7. The molecule has 2 N–H and O–H groups in total. The molecule has 0 spiro atoms. The maximum atomic E-state index is 11.0. The number of carbonyl (C=O) groups excluding carboxylic acids is 2. The summed E-state index contributed by atoms with van der Waals surface area (Å²) < 4.78 is 8.71. The van der Waals surface area contributed by atoms with Crippen LogP contribution in [0.4, 0.5) is 0 Å². The van der Waals surface area contributed by atoms with Gasteiger partial charge < -0.3 is 18.6 Å². The Morgan fingerprint density at radius 2 is 1.35 bits per heavy atom. The number of rotatable bonds is 6. The second-order valence-corrected chi connectivity index (χ2v) is 3.28. The minimum atomic E-state index is -1.41. The van der Waals surface area contributed by atoms with Crippen LogP contribution in [0.2, 0.25) is 0 Å². The Balaban J connectivity index is 3.91. The van der Waals surface area contributed by atoms with E-state index in [0.29, 0.717) is 0 Å². The average molecular weight is 262 g/mol. The summed E-state index contributed by atoms with van der Waals surface area (Å²) in [6, 6.07) is 0. The Morgan fingerprint density at radius 1 is 1.00 bits per heavy atom. The third kappa shape index (κ3) is 6.77. The Hall–Kier alpha value is -1.31. The molecule has 0 aromatic carbocycles. The van der Waals surface area contributed by atoms with Crippen LogP contribution in [0.1, 0.15) is 13.8 Å². The quantitative estimate of drug-likeness (QED) is 0.532. The van der Waals surface area contributed by atoms with E-state index in [1.807, 2.05) is 0 Å². The number of carbonyl (C=O) groups is 2. The summed E-state index contributed by atoms with van der Waals surface area (Å²) in [5.41, 5.74) is 0. The minimum Gasteiger partial charge on any atom is -0.377 e. The zero-order valence-electron chi connectivity index (χ0n) is 9.40. The molecule has 0 amide bonds. The molecule has 0 heterocycles. The fourth-order valence-electron chi connectivity index (χ4n) is 0.704. The van der Waals surface area contributed by atoms with Crippen molar-refractivity contribution in [3.05, 3.63) is 24.3 Å². The van der Waals surface area contributed by atoms with Crippen LogP contribution in [0.25, 0.3) is 0 Å². The van der Waals surface area contributed by atoms with Crippen LogP contribution in [-0.4, -0.2) is 34.4 Å². The average Bonchev–Trinajstić information content (AvgIpc) is 2.29. The lowest BCUT2D eigenvalue weighted by molar-refractivity contribution is -0.143. The van der Waals surface area contributed by atoms with Gasteiger partial charge in [-0.3, -0.25) is 0 Å². The predicted octanol–water partition coefficient (Wildman–Crippen LogP) is 0.510. The van der Waals surface area contributed by atoms with Gasteiger partial charge in [0.05, 0.1) is 0 Å². The normalized spacial score (nSPS) is 14.8. The Morgan fingerprint density at radius 3 is 1.65 bits per heavy atom. The molecule has 0 saturated carbocycles. The van der Waals surface area contributed by atoms with Crippen molar-refractivity contribution in [2.75, 3.05) is 0 Å². The molecule has 0 bridgehead atoms. The van der Waals surface area contributed by atoms with Gasteiger partial charge in [0.2, 0.25) is 0 Å². The van der Waals surface area contributed by atoms with Gasteiger partial charge in [-0.15, -0.1) is 0 Å². The largest absolute Gasteiger partial charge is 0.377 e. The van der Waals surface area contributed by atoms with E-state index < -0.39 is 24.1 Å². The van der Waals surface area contributed by atoms with Gasteiger partial charge in [0.25, 0.3) is 12.3 Å². The Kier molecular flexibility index (Phi) is 8.12. The van der Waals surface area contributed by atoms with Gasteiger partial charge in [-0.05, 0) is 26.0 Å². The highest BCUT2D eigenvalue weighted by Crippen LogP contribution is 2.09. The van der Waals surface area contributed by atoms with Crippen LogP contribution in [0, 0.1) is 0 Å². The molecule has 0 aromatic rings. The molecule has 0 aliphatic carbocycles. The Labute approximate surface area is 103 Å². The highest BCUT2D eigenvalue weighted by atomic mass is 32.2. The molecule has 0 saturated heterocycles. The van der Waals surface area contributed by atoms with Crippen LogP contribution in [-0.2, 0) is 18.0 Å². The molecule has 2 unspecified atom stereocenters. The van der Waals surface area contributed by atoms with Gasteiger partial charge in [-0.25, -0.2) is 9.59 Å². The summed E-state index contributed by atoms with van der Waals surface area (Å²) >= 11 is 0.0910. The van der Waals surface area contributed by atoms with Crippen molar-refractivity contribution in [2.24, 2.45) is 0 Å². The summed E-state index contributed by atoms with van der Waals surface area (Å²) in [6.45, 7) is 3.24. The van der Waals surface area contributed by atoms with Crippen molar-refractivity contribution in [2.45, 2.75) is 26.1 Å². The van der Waals surface area contributed by atoms with Crippen molar-refractivity contribution in [1.82, 2.24) is 0 Å². The molecule has 96 valence electrons. The molecule has 0 radical (unpaired) electrons. The van der Waals surface area contributed by atoms with Gasteiger partial charge in [-0.2, -0.15) is 0 Å². The standard InChI is InChI=1S/C10H14O6S/c1-3-5-7(11)9(13)15-17-16-10(14)8(12)6-4-2/h3-8,11-12H,1-2H3. The maximum absolute atomic E-state index is 11.0. The summed E-state index contributed by atoms with van der Waals surface area (Å²) in [7, 11) is 0. The third-order valence-electron chi connectivity index (χ3n) is 1.46. The van der Waals surface area contributed by atoms with Crippen LogP contribution in [0.3, 0.4) is 0 Å². The predicted molar refractivity (Wildman–Crippen MR) is 61.4 cm³/mol. The number of allylic oxidation sites excluding steroid dienone is 2. The fourth-order valence-corrected chi connectivity index (χ4v) is 1.07. The topological polar surface area (TPSA) is 93.1 Å². The van der Waals surface area contributed by atoms with Gasteiger partial charge >= 0.3 is 11.9 Å². The van der Waals surface area contributed by atoms with Crippen LogP contribution in [0.15, 0.2) is 24.3 Å². The fraction of sp³-hybridized carbons (Fsp3) is 0.400. The summed E-state index contributed by atoms with van der Waals surface area (Å²) in [4.78, 5) is 22.0. The van der Waals surface area contributed by atoms with Crippen LogP contribution < -0.4 is 0 Å². The molecular weight excluding hydrogens is 248 g/mol. The molecular formula is C10H14O6S. The molecule has 0 rings (SSSR count). The van der Waals surface area contributed by atoms with Crippen molar-refractivity contribution in [3.8, 4) is 0 Å². The molecule has 2 atom stereocenters. The molecule has 17 heavy (non-hydrogen) atoms. The van der Waals surface area contributed by atoms with Crippen molar-refractivity contribution in [3.63, 3.8) is 0 Å². The van der Waals surface area contributed by atoms with E-state index in [9.17, 15) is 9.59 Å². The number of hydrogen-bond acceptors (Lipinski definition) is 7. The number of aliphatic hydroxyl groups excluding tert-OH is 2. The lowest BCUT2D eigenvalue weighted by Crippen LogP contribution is -2.21. The Bertz CT molecular complexity index is 282. The smallest absolute Gasteiger partial charge is 0.353 e. The molecule has 7 heteroatoms. The van der Waals surface area contributed by atoms with E-state index in [4.69, 9.17) is 10.2 Å². The summed E-state index contributed by atoms with van der Waals surface area (Å²) in [6.07, 6.45) is 2.54. The first-order valence-electron chi connectivity index (χ1n) is 4.73. The van der Waals surface area contributed by atoms with E-state index >= 15 is 0 Å². The van der Waals surface area contributed by atoms with E-state index in [1.165, 1.54) is 24.3 Å². The molecule has 0 aliphatic heterocycles. The highest BCUT2D eigenvalue weighted by molar-refractivity contribution is 7.90. The van der Waals surface area contributed by atoms with E-state index in [1.54, 1.807) is 13.8 Å². The molecule has 0 aliphatic rings. The van der Waals surface area contributed by atoms with Crippen molar-refractivity contribution >= 4 is 24.3 Å². The van der Waals surface area contributed by atoms with Gasteiger partial charge in [0, 0.05) is 0 Å². The summed E-state index contributed by atoms with van der Waals surface area (Å²) in [5.74, 6) is -1.94. The van der Waals surface area contributed by atoms with Gasteiger partial charge in [0.15, 0.2) is 12.2 Å². The second kappa shape index (κ2) is 8.80. The molecule has 6 nitrogen and oxygen atoms in total. The van der Waals surface area contributed by atoms with Crippen LogP contribution >= 0.6 is 12.3 Å². The lowest BCUT2D eigenvalue weighted by Gasteiger charge is -2.06. The van der Waals surface area contributed by atoms with E-state index in [0.717, 1.165) is 0 Å². The number of aliphatic hydroxyl groups is 2. The van der Waals surface area contributed by atoms with E-state index in [2.05, 4.69) is 8.37 Å². The lowest BCUT2D eigenvalue weighted by atomic mass is 10.3. The van der Waals surface area contributed by atoms with Crippen molar-refractivity contribution in [1.29, 1.82) is 0 Å². The second-order valence-electron chi connectivity index (χ2n) is 2.81. The summed E-state index contributed by atoms with van der Waals surface area (Å²) in [5, 5.41) is 18.2. The highest BCUT2D eigenvalue weighted by Gasteiger charge is 2.18. The van der Waals surface area contributed by atoms with Gasteiger partial charge in [-0.1, -0.05) is 12.2 Å². The first-order valence-corrected chi connectivity index (χ1v) is 5.40. The maximum Gasteiger partial charge on any atom is 0.353 e. The van der Waals surface area contributed by atoms with Crippen molar-refractivity contribution < 1.29 is 28.2 Å². The third-order valence-corrected chi connectivity index (χ3v) is 1.93. The first-order chi connectivity index (χ1) is 8.02. The molecule has 0 fully saturated rings. The zero-order valence-corrected chi connectivity index (χ0v) is 10.2.